The summed E-state index contributed by atoms with van der Waals surface area (Å²) in [7, 11) is 0. The Balaban J connectivity index is 0.000000423. The number of aliphatic hydroxyl groups excluding tert-OH is 2. The number of amides is 1. The van der Waals surface area contributed by atoms with Gasteiger partial charge in [-0.05, 0) is 127 Å². The fourth-order valence-electron chi connectivity index (χ4n) is 7.73. The van der Waals surface area contributed by atoms with E-state index in [4.69, 9.17) is 9.84 Å². The summed E-state index contributed by atoms with van der Waals surface area (Å²) in [6, 6.07) is -1.00. The predicted molar refractivity (Wildman–Crippen MR) is 217 cm³/mol. The maximum absolute atomic E-state index is 12.7. The second kappa shape index (κ2) is 24.7. The van der Waals surface area contributed by atoms with Gasteiger partial charge in [0.1, 0.15) is 11.8 Å². The predicted octanol–water partition coefficient (Wildman–Crippen LogP) is 7.90. The van der Waals surface area contributed by atoms with Crippen molar-refractivity contribution in [2.45, 2.75) is 169 Å². The Morgan fingerprint density at radius 2 is 1.64 bits per heavy atom. The summed E-state index contributed by atoms with van der Waals surface area (Å²) in [4.78, 5) is 49.6. The third-order valence-electron chi connectivity index (χ3n) is 11.8. The molecule has 0 aromatic carbocycles. The number of rotatable bonds is 18. The molecular weight excluding hydrogens is 698 g/mol. The summed E-state index contributed by atoms with van der Waals surface area (Å²) >= 11 is 0. The molecule has 5 unspecified atom stereocenters. The van der Waals surface area contributed by atoms with Gasteiger partial charge in [-0.3, -0.25) is 14.4 Å². The third kappa shape index (κ3) is 16.6. The fraction of sp³-hybridized carbons (Fsp3) is 0.733. The van der Waals surface area contributed by atoms with Crippen LogP contribution in [0.1, 0.15) is 145 Å². The highest BCUT2D eigenvalue weighted by molar-refractivity contribution is 6.39. The van der Waals surface area contributed by atoms with Crippen molar-refractivity contribution < 1.29 is 44.3 Å². The molecule has 2 aliphatic heterocycles. The molecule has 0 bridgehead atoms. The number of carbonyl (C=O) groups is 4. The Labute approximate surface area is 331 Å². The molecule has 55 heavy (non-hydrogen) atoms. The number of carboxylic acid groups (broad SMARTS) is 1. The number of aliphatic carboxylic acids is 1. The first kappa shape index (κ1) is 48.2. The minimum atomic E-state index is -2.13. The zero-order valence-corrected chi connectivity index (χ0v) is 34.9. The minimum Gasteiger partial charge on any atom is -0.480 e. The van der Waals surface area contributed by atoms with Crippen molar-refractivity contribution in [3.63, 3.8) is 0 Å². The monoisotopic (exact) mass is 772 g/mol. The van der Waals surface area contributed by atoms with Crippen LogP contribution in [-0.4, -0.2) is 86.0 Å². The maximum Gasteiger partial charge on any atom is 0.326 e. The lowest BCUT2D eigenvalue weighted by molar-refractivity contribution is -0.240. The van der Waals surface area contributed by atoms with E-state index in [9.17, 15) is 34.5 Å². The van der Waals surface area contributed by atoms with Crippen molar-refractivity contribution in [3.8, 4) is 0 Å². The molecule has 0 aromatic heterocycles. The van der Waals surface area contributed by atoms with E-state index in [1.807, 2.05) is 19.9 Å². The van der Waals surface area contributed by atoms with Gasteiger partial charge in [0, 0.05) is 24.8 Å². The Morgan fingerprint density at radius 3 is 2.27 bits per heavy atom. The minimum absolute atomic E-state index is 0.0534. The van der Waals surface area contributed by atoms with E-state index >= 15 is 0 Å². The van der Waals surface area contributed by atoms with Gasteiger partial charge in [-0.15, -0.1) is 0 Å². The van der Waals surface area contributed by atoms with Gasteiger partial charge in [0.2, 0.25) is 5.79 Å². The van der Waals surface area contributed by atoms with Crippen molar-refractivity contribution in [1.29, 1.82) is 0 Å². The second-order valence-electron chi connectivity index (χ2n) is 16.7. The van der Waals surface area contributed by atoms with Crippen molar-refractivity contribution in [1.82, 2.24) is 4.90 Å². The van der Waals surface area contributed by atoms with Gasteiger partial charge >= 0.3 is 5.97 Å². The van der Waals surface area contributed by atoms with Crippen LogP contribution in [0, 0.1) is 29.6 Å². The Morgan fingerprint density at radius 1 is 0.945 bits per heavy atom. The first-order chi connectivity index (χ1) is 26.0. The average Bonchev–Trinajstić information content (AvgIpc) is 3.16. The van der Waals surface area contributed by atoms with Crippen LogP contribution in [0.15, 0.2) is 47.6 Å². The van der Waals surface area contributed by atoms with E-state index < -0.39 is 41.5 Å². The molecular formula is C45H73NO9. The van der Waals surface area contributed by atoms with Gasteiger partial charge in [0.15, 0.2) is 0 Å². The molecule has 1 aliphatic carbocycles. The number of allylic oxidation sites excluding steroid dienone is 7. The fourth-order valence-corrected chi connectivity index (χ4v) is 7.73. The SMILES string of the molecule is CC/C(C)=C/C=C/C=C/[C@@H](C)CC(C)C(=O)CC(O)/C(C)=C/CC[C@H](C)CC1CCC(O)CC1.CC1CCCOC1(O)C(=O)C(=O)N1CCCCC1C(=O)O. The molecule has 3 aliphatic rings. The highest BCUT2D eigenvalue weighted by Gasteiger charge is 2.50. The number of aliphatic hydroxyl groups is 3. The molecule has 1 amide bonds. The molecule has 0 spiro atoms. The molecule has 2 heterocycles. The van der Waals surface area contributed by atoms with Gasteiger partial charge in [0.05, 0.1) is 18.8 Å². The molecule has 1 saturated carbocycles. The molecule has 0 radical (unpaired) electrons. The van der Waals surface area contributed by atoms with Crippen LogP contribution < -0.4 is 0 Å². The van der Waals surface area contributed by atoms with E-state index in [-0.39, 0.29) is 37.4 Å². The van der Waals surface area contributed by atoms with E-state index in [1.165, 1.54) is 12.0 Å². The standard InChI is InChI=1S/C31H52O3.C14H21NO6/c1-7-23(2)12-9-8-10-13-24(3)20-27(6)31(34)22-30(33)26(5)15-11-14-25(4)21-28-16-18-29(32)19-17-28;1-9-5-4-8-21-14(9,20)11(16)12(17)15-7-3-2-6-10(15)13(18)19/h8-10,12-13,15,24-25,27-30,32-33H,7,11,14,16-22H2,1-6H3;9-10,20H,2-8H2,1H3,(H,18,19)/b9-8+,13-10+,23-12+,26-15+;/t24-,25+,27?,28?,29?,30?;/m1./s1. The summed E-state index contributed by atoms with van der Waals surface area (Å²) in [6.07, 6.45) is 24.4. The van der Waals surface area contributed by atoms with Crippen molar-refractivity contribution in [2.75, 3.05) is 13.2 Å². The molecule has 10 heteroatoms. The van der Waals surface area contributed by atoms with Crippen LogP contribution in [0.4, 0.5) is 0 Å². The molecule has 312 valence electrons. The Hall–Kier alpha value is -2.92. The number of Topliss-reactive ketones (excluding diaryl/α,β-unsaturated/α-hetero) is 2. The zero-order chi connectivity index (χ0) is 41.1. The van der Waals surface area contributed by atoms with Crippen molar-refractivity contribution in [2.24, 2.45) is 29.6 Å². The number of carboxylic acids is 1. The maximum atomic E-state index is 12.7. The summed E-state index contributed by atoms with van der Waals surface area (Å²) < 4.78 is 5.16. The lowest BCUT2D eigenvalue weighted by atomic mass is 9.81. The van der Waals surface area contributed by atoms with E-state index in [1.54, 1.807) is 6.92 Å². The highest BCUT2D eigenvalue weighted by atomic mass is 16.6. The first-order valence-electron chi connectivity index (χ1n) is 21.0. The zero-order valence-electron chi connectivity index (χ0n) is 34.9. The number of ether oxygens (including phenoxy) is 1. The molecule has 10 nitrogen and oxygen atoms in total. The molecule has 2 saturated heterocycles. The molecule has 3 fully saturated rings. The van der Waals surface area contributed by atoms with E-state index in [0.29, 0.717) is 43.9 Å². The lowest BCUT2D eigenvalue weighted by Crippen LogP contribution is -2.59. The van der Waals surface area contributed by atoms with Crippen LogP contribution in [-0.2, 0) is 23.9 Å². The van der Waals surface area contributed by atoms with Crippen LogP contribution in [0.25, 0.3) is 0 Å². The molecule has 4 N–H and O–H groups in total. The quantitative estimate of drug-likeness (QED) is 0.0617. The van der Waals surface area contributed by atoms with Crippen molar-refractivity contribution in [3.05, 3.63) is 47.6 Å². The number of ketones is 2. The summed E-state index contributed by atoms with van der Waals surface area (Å²) in [5.41, 5.74) is 2.28. The van der Waals surface area contributed by atoms with Crippen LogP contribution in [0.5, 0.6) is 0 Å². The van der Waals surface area contributed by atoms with Crippen LogP contribution in [0.3, 0.4) is 0 Å². The average molecular weight is 772 g/mol. The Bertz CT molecular complexity index is 1340. The normalized spacial score (nSPS) is 27.6. The van der Waals surface area contributed by atoms with Gasteiger partial charge < -0.3 is 30.1 Å². The van der Waals surface area contributed by atoms with Crippen LogP contribution >= 0.6 is 0 Å². The lowest BCUT2D eigenvalue weighted by Gasteiger charge is -2.38. The smallest absolute Gasteiger partial charge is 0.326 e. The van der Waals surface area contributed by atoms with Crippen molar-refractivity contribution >= 4 is 23.4 Å². The summed E-state index contributed by atoms with van der Waals surface area (Å²) in [6.45, 7) is 14.7. The topological polar surface area (TPSA) is 162 Å². The second-order valence-corrected chi connectivity index (χ2v) is 16.7. The van der Waals surface area contributed by atoms with E-state index in [0.717, 1.165) is 67.8 Å². The number of nitrogens with zero attached hydrogens (tertiary/aromatic N) is 1. The molecule has 0 aromatic rings. The van der Waals surface area contributed by atoms with Crippen LogP contribution in [0.2, 0.25) is 0 Å². The Kier molecular flexibility index (Phi) is 21.6. The van der Waals surface area contributed by atoms with Gasteiger partial charge in [-0.1, -0.05) is 76.6 Å². The summed E-state index contributed by atoms with van der Waals surface area (Å²) in [5, 5.41) is 39.7. The van der Waals surface area contributed by atoms with Gasteiger partial charge in [-0.2, -0.15) is 0 Å². The molecule has 3 rings (SSSR count). The van der Waals surface area contributed by atoms with Gasteiger partial charge in [0.25, 0.3) is 11.7 Å². The highest BCUT2D eigenvalue weighted by Crippen LogP contribution is 2.32. The number of piperidine rings is 1. The van der Waals surface area contributed by atoms with Gasteiger partial charge in [-0.25, -0.2) is 4.79 Å². The third-order valence-corrected chi connectivity index (χ3v) is 11.8. The number of carbonyl (C=O) groups excluding carboxylic acids is 3. The summed E-state index contributed by atoms with van der Waals surface area (Å²) in [5.74, 6) is -3.94. The largest absolute Gasteiger partial charge is 0.480 e. The molecule has 7 atom stereocenters. The number of hydrogen-bond donors (Lipinski definition) is 4. The number of likely N-dealkylation sites (tertiary alicyclic amines) is 1. The first-order valence-corrected chi connectivity index (χ1v) is 21.0. The van der Waals surface area contributed by atoms with E-state index in [2.05, 4.69) is 58.1 Å². The number of hydrogen-bond acceptors (Lipinski definition) is 8.